The Labute approximate surface area is 391 Å². The number of rotatable bonds is 46. The van der Waals surface area contributed by atoms with E-state index in [-0.39, 0.29) is 32.6 Å². The van der Waals surface area contributed by atoms with Crippen LogP contribution in [0.4, 0.5) is 0 Å². The molecule has 0 aromatic rings. The largest absolute Gasteiger partial charge is 0.472 e. The van der Waals surface area contributed by atoms with Crippen LogP contribution in [-0.2, 0) is 32.7 Å². The lowest BCUT2D eigenvalue weighted by molar-refractivity contribution is -0.161. The molecular formula is C54H92NO8P. The minimum Gasteiger partial charge on any atom is -0.462 e. The number of phosphoric ester groups is 1. The van der Waals surface area contributed by atoms with Gasteiger partial charge in [-0.3, -0.25) is 18.6 Å². The van der Waals surface area contributed by atoms with E-state index < -0.39 is 32.5 Å². The Morgan fingerprint density at radius 1 is 0.484 bits per heavy atom. The minimum atomic E-state index is -4.37. The summed E-state index contributed by atoms with van der Waals surface area (Å²) in [6.07, 6.45) is 65.0. The van der Waals surface area contributed by atoms with Crippen molar-refractivity contribution in [2.75, 3.05) is 26.4 Å². The third-order valence-corrected chi connectivity index (χ3v) is 11.2. The second kappa shape index (κ2) is 49.4. The first-order valence-electron chi connectivity index (χ1n) is 25.2. The van der Waals surface area contributed by atoms with Crippen molar-refractivity contribution in [3.8, 4) is 0 Å². The summed E-state index contributed by atoms with van der Waals surface area (Å²) in [5.74, 6) is -0.844. The first kappa shape index (κ1) is 60.9. The zero-order valence-corrected chi connectivity index (χ0v) is 41.4. The first-order chi connectivity index (χ1) is 31.3. The highest BCUT2D eigenvalue weighted by Crippen LogP contribution is 2.43. The summed E-state index contributed by atoms with van der Waals surface area (Å²) in [5.41, 5.74) is 5.34. The average molecular weight is 914 g/mol. The molecule has 0 aliphatic carbocycles. The highest BCUT2D eigenvalue weighted by Gasteiger charge is 2.26. The fourth-order valence-electron chi connectivity index (χ4n) is 6.53. The number of carbonyl (C=O) groups is 2. The van der Waals surface area contributed by atoms with E-state index in [4.69, 9.17) is 24.3 Å². The number of hydrogen-bond donors (Lipinski definition) is 2. The predicted molar refractivity (Wildman–Crippen MR) is 270 cm³/mol. The Morgan fingerprint density at radius 3 is 1.28 bits per heavy atom. The summed E-state index contributed by atoms with van der Waals surface area (Å²) < 4.78 is 32.6. The third kappa shape index (κ3) is 48.4. The van der Waals surface area contributed by atoms with Crippen LogP contribution in [0.1, 0.15) is 200 Å². The molecule has 0 aromatic heterocycles. The fourth-order valence-corrected chi connectivity index (χ4v) is 7.30. The maximum absolute atomic E-state index is 12.6. The zero-order chi connectivity index (χ0) is 46.7. The molecule has 0 aliphatic rings. The number of phosphoric acid groups is 1. The Balaban J connectivity index is 3.85. The first-order valence-corrected chi connectivity index (χ1v) is 26.7. The van der Waals surface area contributed by atoms with E-state index in [0.717, 1.165) is 103 Å². The van der Waals surface area contributed by atoms with Crippen LogP contribution in [0.15, 0.2) is 97.2 Å². The summed E-state index contributed by atoms with van der Waals surface area (Å²) in [5, 5.41) is 0. The van der Waals surface area contributed by atoms with Gasteiger partial charge in [-0.15, -0.1) is 0 Å². The highest BCUT2D eigenvalue weighted by atomic mass is 31.2. The molecule has 2 unspecified atom stereocenters. The minimum absolute atomic E-state index is 0.0503. The maximum Gasteiger partial charge on any atom is 0.472 e. The van der Waals surface area contributed by atoms with Gasteiger partial charge in [0, 0.05) is 19.4 Å². The molecule has 10 heteroatoms. The van der Waals surface area contributed by atoms with Crippen molar-refractivity contribution in [2.24, 2.45) is 5.73 Å². The van der Waals surface area contributed by atoms with E-state index in [1.54, 1.807) is 0 Å². The van der Waals surface area contributed by atoms with Crippen molar-refractivity contribution < 1.29 is 37.6 Å². The second-order valence-corrected chi connectivity index (χ2v) is 17.8. The SMILES string of the molecule is CC/C=C\C/C=C\C/C=C\C/C=C\C/C=C\C/C=C\C/C=C\C/C=C\CCCCCCCCCCCCCCC(=O)OC(COC(=O)CCCCCCCC)COP(=O)(O)OCCN. The molecule has 0 aromatic carbocycles. The molecule has 0 rings (SSSR count). The van der Waals surface area contributed by atoms with E-state index in [9.17, 15) is 19.0 Å². The Hall–Kier alpha value is -3.07. The monoisotopic (exact) mass is 914 g/mol. The normalized spacial score (nSPS) is 14.0. The smallest absolute Gasteiger partial charge is 0.462 e. The number of esters is 2. The lowest BCUT2D eigenvalue weighted by Gasteiger charge is -2.19. The quantitative estimate of drug-likeness (QED) is 0.0265. The number of carbonyl (C=O) groups excluding carboxylic acids is 2. The summed E-state index contributed by atoms with van der Waals surface area (Å²) >= 11 is 0. The number of unbranched alkanes of at least 4 members (excludes halogenated alkanes) is 17. The molecule has 9 nitrogen and oxygen atoms in total. The Morgan fingerprint density at radius 2 is 0.859 bits per heavy atom. The van der Waals surface area contributed by atoms with Crippen molar-refractivity contribution in [2.45, 2.75) is 206 Å². The van der Waals surface area contributed by atoms with E-state index in [2.05, 4.69) is 111 Å². The van der Waals surface area contributed by atoms with Gasteiger partial charge < -0.3 is 20.1 Å². The van der Waals surface area contributed by atoms with Gasteiger partial charge in [-0.2, -0.15) is 0 Å². The Kier molecular flexibility index (Phi) is 47.0. The highest BCUT2D eigenvalue weighted by molar-refractivity contribution is 7.47. The van der Waals surface area contributed by atoms with Gasteiger partial charge in [-0.05, 0) is 77.0 Å². The van der Waals surface area contributed by atoms with Crippen LogP contribution < -0.4 is 5.73 Å². The van der Waals surface area contributed by atoms with Crippen LogP contribution >= 0.6 is 7.82 Å². The standard InChI is InChI=1S/C54H92NO8P/c1-3-5-7-9-11-12-13-14-15-16-17-18-19-20-21-22-23-24-25-26-27-28-29-30-31-32-33-34-35-36-37-38-39-40-41-43-45-47-54(57)63-52(51-62-64(58,59)61-49-48-55)50-60-53(56)46-44-42-10-8-6-4-2/h5,7,11-12,14-15,17-18,20-21,23-24,26-27,29-30,52H,3-4,6,8-10,13,16,19,22,25,28,31-51,55H2,1-2H3,(H,58,59)/b7-5-,12-11-,15-14-,18-17-,21-20-,24-23-,27-26-,30-29-. The van der Waals surface area contributed by atoms with E-state index in [1.165, 1.54) is 64.2 Å². The summed E-state index contributed by atoms with van der Waals surface area (Å²) in [6, 6.07) is 0. The van der Waals surface area contributed by atoms with Gasteiger partial charge in [0.25, 0.3) is 0 Å². The van der Waals surface area contributed by atoms with Crippen molar-refractivity contribution in [3.05, 3.63) is 97.2 Å². The van der Waals surface area contributed by atoms with Crippen LogP contribution in [0.5, 0.6) is 0 Å². The molecule has 0 fully saturated rings. The maximum atomic E-state index is 12.6. The molecule has 0 saturated carbocycles. The number of allylic oxidation sites excluding steroid dienone is 16. The molecule has 0 amide bonds. The average Bonchev–Trinajstić information content (AvgIpc) is 3.28. The van der Waals surface area contributed by atoms with Crippen molar-refractivity contribution in [3.63, 3.8) is 0 Å². The zero-order valence-electron chi connectivity index (χ0n) is 40.5. The fraction of sp³-hybridized carbons (Fsp3) is 0.667. The van der Waals surface area contributed by atoms with Crippen LogP contribution in [0.2, 0.25) is 0 Å². The molecule has 0 saturated heterocycles. The van der Waals surface area contributed by atoms with Crippen molar-refractivity contribution >= 4 is 19.8 Å². The van der Waals surface area contributed by atoms with Crippen molar-refractivity contribution in [1.82, 2.24) is 0 Å². The molecule has 0 heterocycles. The lowest BCUT2D eigenvalue weighted by atomic mass is 10.0. The second-order valence-electron chi connectivity index (χ2n) is 16.3. The van der Waals surface area contributed by atoms with Gasteiger partial charge in [0.1, 0.15) is 6.61 Å². The van der Waals surface area contributed by atoms with Gasteiger partial charge in [0.15, 0.2) is 6.10 Å². The topological polar surface area (TPSA) is 134 Å². The van der Waals surface area contributed by atoms with Gasteiger partial charge >= 0.3 is 19.8 Å². The van der Waals surface area contributed by atoms with Crippen molar-refractivity contribution in [1.29, 1.82) is 0 Å². The molecule has 3 N–H and O–H groups in total. The van der Waals surface area contributed by atoms with Crippen LogP contribution in [0, 0.1) is 0 Å². The summed E-state index contributed by atoms with van der Waals surface area (Å²) in [6.45, 7) is 3.53. The van der Waals surface area contributed by atoms with Gasteiger partial charge in [-0.25, -0.2) is 4.57 Å². The summed E-state index contributed by atoms with van der Waals surface area (Å²) in [4.78, 5) is 34.7. The molecule has 0 bridgehead atoms. The van der Waals surface area contributed by atoms with Gasteiger partial charge in [0.05, 0.1) is 13.2 Å². The number of ether oxygens (including phenoxy) is 2. The van der Waals surface area contributed by atoms with Crippen LogP contribution in [0.25, 0.3) is 0 Å². The molecule has 366 valence electrons. The number of nitrogens with two attached hydrogens (primary N) is 1. The van der Waals surface area contributed by atoms with E-state index >= 15 is 0 Å². The molecule has 0 spiro atoms. The van der Waals surface area contributed by atoms with E-state index in [1.807, 2.05) is 0 Å². The van der Waals surface area contributed by atoms with Crippen LogP contribution in [-0.4, -0.2) is 49.3 Å². The predicted octanol–water partition coefficient (Wildman–Crippen LogP) is 15.3. The van der Waals surface area contributed by atoms with Gasteiger partial charge in [-0.1, -0.05) is 207 Å². The third-order valence-electron chi connectivity index (χ3n) is 10.2. The molecule has 0 radical (unpaired) electrons. The number of hydrogen-bond acceptors (Lipinski definition) is 8. The molecule has 2 atom stereocenters. The van der Waals surface area contributed by atoms with E-state index in [0.29, 0.717) is 6.42 Å². The lowest BCUT2D eigenvalue weighted by Crippen LogP contribution is -2.29. The molecule has 64 heavy (non-hydrogen) atoms. The summed E-state index contributed by atoms with van der Waals surface area (Å²) in [7, 11) is -4.37. The molecular weight excluding hydrogens is 822 g/mol. The molecule has 0 aliphatic heterocycles. The van der Waals surface area contributed by atoms with Crippen LogP contribution in [0.3, 0.4) is 0 Å². The Bertz CT molecular complexity index is 1360. The van der Waals surface area contributed by atoms with Gasteiger partial charge in [0.2, 0.25) is 0 Å².